The normalized spacial score (nSPS) is 10.5. The van der Waals surface area contributed by atoms with Gasteiger partial charge in [0.15, 0.2) is 0 Å². The lowest BCUT2D eigenvalue weighted by molar-refractivity contribution is 0.0954. The summed E-state index contributed by atoms with van der Waals surface area (Å²) in [6, 6.07) is 4.82. The number of benzene rings is 1. The number of hydrogen-bond acceptors (Lipinski definition) is 3. The second kappa shape index (κ2) is 5.36. The fourth-order valence-corrected chi connectivity index (χ4v) is 2.39. The van der Waals surface area contributed by atoms with Crippen molar-refractivity contribution >= 4 is 22.9 Å². The van der Waals surface area contributed by atoms with Crippen molar-refractivity contribution in [3.05, 3.63) is 51.2 Å². The van der Waals surface area contributed by atoms with Gasteiger partial charge in [0.1, 0.15) is 11.6 Å². The molecule has 3 N–H and O–H groups in total. The Kier molecular flexibility index (Phi) is 3.80. The van der Waals surface area contributed by atoms with Crippen molar-refractivity contribution in [3.63, 3.8) is 0 Å². The first-order chi connectivity index (χ1) is 8.97. The average Bonchev–Trinajstić information content (AvgIpc) is 2.68. The van der Waals surface area contributed by atoms with E-state index in [1.165, 1.54) is 17.4 Å². The monoisotopic (exact) mass is 282 g/mol. The third kappa shape index (κ3) is 3.08. The quantitative estimate of drug-likeness (QED) is 0.909. The Morgan fingerprint density at radius 3 is 2.68 bits per heavy atom. The number of aryl methyl sites for hydroxylation is 1. The molecule has 0 fully saturated rings. The molecule has 2 rings (SSSR count). The summed E-state index contributed by atoms with van der Waals surface area (Å²) < 4.78 is 26.1. The van der Waals surface area contributed by atoms with Gasteiger partial charge in [-0.1, -0.05) is 6.07 Å². The number of nitrogens with one attached hydrogen (secondary N) is 1. The summed E-state index contributed by atoms with van der Waals surface area (Å²) in [5.41, 5.74) is 6.45. The molecule has 19 heavy (non-hydrogen) atoms. The van der Waals surface area contributed by atoms with Crippen LogP contribution in [0.25, 0.3) is 0 Å². The van der Waals surface area contributed by atoms with Crippen LogP contribution in [-0.4, -0.2) is 5.91 Å². The van der Waals surface area contributed by atoms with Gasteiger partial charge in [-0.25, -0.2) is 8.78 Å². The van der Waals surface area contributed by atoms with Crippen LogP contribution in [0.15, 0.2) is 24.3 Å². The van der Waals surface area contributed by atoms with Crippen LogP contribution in [0.3, 0.4) is 0 Å². The number of anilines is 1. The lowest BCUT2D eigenvalue weighted by Gasteiger charge is -2.05. The molecule has 0 aliphatic carbocycles. The van der Waals surface area contributed by atoms with Crippen molar-refractivity contribution in [1.29, 1.82) is 0 Å². The van der Waals surface area contributed by atoms with Crippen LogP contribution in [-0.2, 0) is 6.54 Å². The summed E-state index contributed by atoms with van der Waals surface area (Å²) in [5, 5.41) is 2.57. The van der Waals surface area contributed by atoms with Crippen LogP contribution < -0.4 is 11.1 Å². The molecule has 0 bridgehead atoms. The molecule has 0 saturated carbocycles. The number of nitrogen functional groups attached to an aromatic ring is 1. The van der Waals surface area contributed by atoms with E-state index in [4.69, 9.17) is 5.73 Å². The first-order valence-corrected chi connectivity index (χ1v) is 6.37. The van der Waals surface area contributed by atoms with Gasteiger partial charge >= 0.3 is 0 Å². The smallest absolute Gasteiger partial charge is 0.261 e. The largest absolute Gasteiger partial charge is 0.398 e. The topological polar surface area (TPSA) is 55.1 Å². The maximum Gasteiger partial charge on any atom is 0.261 e. The van der Waals surface area contributed by atoms with Crippen LogP contribution in [0.4, 0.5) is 14.5 Å². The minimum absolute atomic E-state index is 0.00178. The molecule has 1 aromatic carbocycles. The fraction of sp³-hybridized carbons (Fsp3) is 0.154. The van der Waals surface area contributed by atoms with Gasteiger partial charge < -0.3 is 11.1 Å². The number of halogens is 2. The molecule has 0 spiro atoms. The maximum absolute atomic E-state index is 13.4. The Hall–Kier alpha value is -1.95. The number of carbonyl (C=O) groups is 1. The highest BCUT2D eigenvalue weighted by Crippen LogP contribution is 2.23. The van der Waals surface area contributed by atoms with Gasteiger partial charge in [-0.2, -0.15) is 0 Å². The predicted octanol–water partition coefficient (Wildman–Crippen LogP) is 2.85. The molecule has 1 heterocycles. The minimum atomic E-state index is -0.679. The molecule has 100 valence electrons. The molecule has 1 aromatic heterocycles. The highest BCUT2D eigenvalue weighted by atomic mass is 32.1. The summed E-state index contributed by atoms with van der Waals surface area (Å²) in [7, 11) is 0. The summed E-state index contributed by atoms with van der Waals surface area (Å²) in [5.74, 6) is -1.65. The van der Waals surface area contributed by atoms with Gasteiger partial charge in [-0.05, 0) is 19.1 Å². The van der Waals surface area contributed by atoms with Gasteiger partial charge in [0, 0.05) is 28.7 Å². The predicted molar refractivity (Wildman–Crippen MR) is 71.0 cm³/mol. The lowest BCUT2D eigenvalue weighted by atomic mass is 10.2. The number of rotatable bonds is 3. The van der Waals surface area contributed by atoms with E-state index in [0.29, 0.717) is 10.6 Å². The second-order valence-corrected chi connectivity index (χ2v) is 5.30. The average molecular weight is 282 g/mol. The summed E-state index contributed by atoms with van der Waals surface area (Å²) in [6.45, 7) is 1.82. The van der Waals surface area contributed by atoms with Crippen molar-refractivity contribution in [3.8, 4) is 0 Å². The van der Waals surface area contributed by atoms with E-state index in [1.807, 2.05) is 6.92 Å². The van der Waals surface area contributed by atoms with Gasteiger partial charge in [0.2, 0.25) is 0 Å². The molecule has 0 radical (unpaired) electrons. The highest BCUT2D eigenvalue weighted by Gasteiger charge is 2.11. The maximum atomic E-state index is 13.4. The number of thiophene rings is 1. The van der Waals surface area contributed by atoms with E-state index in [9.17, 15) is 13.6 Å². The minimum Gasteiger partial charge on any atom is -0.398 e. The van der Waals surface area contributed by atoms with E-state index in [1.54, 1.807) is 6.07 Å². The van der Waals surface area contributed by atoms with Crippen molar-refractivity contribution in [2.45, 2.75) is 13.5 Å². The third-order valence-electron chi connectivity index (χ3n) is 2.63. The Morgan fingerprint density at radius 2 is 2.11 bits per heavy atom. The molecular formula is C13H12F2N2OS. The van der Waals surface area contributed by atoms with Crippen LogP contribution in [0, 0.1) is 18.6 Å². The molecule has 0 unspecified atom stereocenters. The van der Waals surface area contributed by atoms with Gasteiger partial charge in [0.05, 0.1) is 4.88 Å². The van der Waals surface area contributed by atoms with Gasteiger partial charge in [-0.15, -0.1) is 11.3 Å². The van der Waals surface area contributed by atoms with E-state index in [0.717, 1.165) is 17.0 Å². The first-order valence-electron chi connectivity index (χ1n) is 5.55. The molecule has 0 saturated heterocycles. The highest BCUT2D eigenvalue weighted by molar-refractivity contribution is 7.14. The lowest BCUT2D eigenvalue weighted by Crippen LogP contribution is -2.22. The SMILES string of the molecule is Cc1sc(C(=O)NCc2ccc(F)cc2F)cc1N. The third-order valence-corrected chi connectivity index (χ3v) is 3.70. The van der Waals surface area contributed by atoms with Gasteiger partial charge in [-0.3, -0.25) is 4.79 Å². The van der Waals surface area contributed by atoms with Crippen LogP contribution in [0.1, 0.15) is 20.1 Å². The van der Waals surface area contributed by atoms with Crippen molar-refractivity contribution in [2.75, 3.05) is 5.73 Å². The molecule has 1 amide bonds. The molecule has 0 aliphatic rings. The Bertz CT molecular complexity index is 606. The fourth-order valence-electron chi connectivity index (χ4n) is 1.54. The molecule has 0 aliphatic heterocycles. The van der Waals surface area contributed by atoms with Crippen LogP contribution >= 0.6 is 11.3 Å². The number of amides is 1. The molecule has 0 atom stereocenters. The molecule has 2 aromatic rings. The molecule has 3 nitrogen and oxygen atoms in total. The summed E-state index contributed by atoms with van der Waals surface area (Å²) in [6.07, 6.45) is 0. The summed E-state index contributed by atoms with van der Waals surface area (Å²) in [4.78, 5) is 13.1. The van der Waals surface area contributed by atoms with Gasteiger partial charge in [0.25, 0.3) is 5.91 Å². The first kappa shape index (κ1) is 13.5. The molecule has 6 heteroatoms. The van der Waals surface area contributed by atoms with Crippen molar-refractivity contribution in [1.82, 2.24) is 5.32 Å². The van der Waals surface area contributed by atoms with Crippen molar-refractivity contribution < 1.29 is 13.6 Å². The Balaban J connectivity index is 2.04. The number of nitrogens with two attached hydrogens (primary N) is 1. The zero-order valence-corrected chi connectivity index (χ0v) is 11.0. The Labute approximate surface area is 113 Å². The number of carbonyl (C=O) groups excluding carboxylic acids is 1. The molecular weight excluding hydrogens is 270 g/mol. The van der Waals surface area contributed by atoms with E-state index in [2.05, 4.69) is 5.32 Å². The van der Waals surface area contributed by atoms with Crippen molar-refractivity contribution in [2.24, 2.45) is 0 Å². The standard InChI is InChI=1S/C13H12F2N2OS/c1-7-11(16)5-12(19-7)13(18)17-6-8-2-3-9(14)4-10(8)15/h2-5H,6,16H2,1H3,(H,17,18). The Morgan fingerprint density at radius 1 is 1.37 bits per heavy atom. The summed E-state index contributed by atoms with van der Waals surface area (Å²) >= 11 is 1.27. The van der Waals surface area contributed by atoms with E-state index < -0.39 is 11.6 Å². The van der Waals surface area contributed by atoms with Crippen LogP contribution in [0.5, 0.6) is 0 Å². The number of hydrogen-bond donors (Lipinski definition) is 2. The zero-order valence-electron chi connectivity index (χ0n) is 10.2. The van der Waals surface area contributed by atoms with Crippen LogP contribution in [0.2, 0.25) is 0 Å². The second-order valence-electron chi connectivity index (χ2n) is 4.04. The van der Waals surface area contributed by atoms with E-state index in [-0.39, 0.29) is 18.0 Å². The zero-order chi connectivity index (χ0) is 14.0. The van der Waals surface area contributed by atoms with E-state index >= 15 is 0 Å².